The lowest BCUT2D eigenvalue weighted by Crippen LogP contribution is -2.20. The van der Waals surface area contributed by atoms with Crippen molar-refractivity contribution in [3.8, 4) is 28.7 Å². The molecule has 0 spiro atoms. The van der Waals surface area contributed by atoms with E-state index in [1.165, 1.54) is 19.2 Å². The van der Waals surface area contributed by atoms with E-state index in [0.29, 0.717) is 39.9 Å². The molecule has 0 radical (unpaired) electrons. The van der Waals surface area contributed by atoms with E-state index in [0.717, 1.165) is 5.56 Å². The van der Waals surface area contributed by atoms with Gasteiger partial charge in [-0.1, -0.05) is 24.3 Å². The van der Waals surface area contributed by atoms with Gasteiger partial charge in [-0.25, -0.2) is 9.48 Å². The summed E-state index contributed by atoms with van der Waals surface area (Å²) in [6, 6.07) is 18.1. The maximum Gasteiger partial charge on any atom is 0.422 e. The first kappa shape index (κ1) is 29.8. The molecule has 0 saturated heterocycles. The Labute approximate surface area is 239 Å². The third-order valence-corrected chi connectivity index (χ3v) is 5.97. The fourth-order valence-corrected chi connectivity index (χ4v) is 3.92. The number of aromatic hydroxyl groups is 1. The summed E-state index contributed by atoms with van der Waals surface area (Å²) in [5.74, 6) is 0.415. The van der Waals surface area contributed by atoms with Crippen LogP contribution in [0.1, 0.15) is 32.9 Å². The smallest absolute Gasteiger partial charge is 0.422 e. The molecular weight excluding hydrogens is 553 g/mol. The minimum Gasteiger partial charge on any atom is -0.504 e. The van der Waals surface area contributed by atoms with Gasteiger partial charge in [0, 0.05) is 0 Å². The van der Waals surface area contributed by atoms with Crippen molar-refractivity contribution in [3.05, 3.63) is 94.8 Å². The normalized spacial score (nSPS) is 11.7. The fourth-order valence-electron chi connectivity index (χ4n) is 3.92. The number of aromatic nitrogens is 2. The number of benzene rings is 3. The van der Waals surface area contributed by atoms with E-state index in [-0.39, 0.29) is 11.3 Å². The topological polar surface area (TPSA) is 92.0 Å². The van der Waals surface area contributed by atoms with Crippen LogP contribution in [0.2, 0.25) is 0 Å². The molecule has 3 aromatic carbocycles. The number of carbonyl (C=O) groups is 1. The van der Waals surface area contributed by atoms with Gasteiger partial charge in [-0.05, 0) is 77.9 Å². The van der Waals surface area contributed by atoms with Crippen LogP contribution in [0.4, 0.5) is 13.2 Å². The largest absolute Gasteiger partial charge is 0.504 e. The summed E-state index contributed by atoms with van der Waals surface area (Å²) in [5, 5.41) is 14.8. The second kappa shape index (κ2) is 13.0. The number of carbonyl (C=O) groups excluding carboxylic acids is 1. The molecule has 0 amide bonds. The molecule has 11 heteroatoms. The van der Waals surface area contributed by atoms with E-state index < -0.39 is 18.8 Å². The molecule has 0 bridgehead atoms. The monoisotopic (exact) mass is 580 g/mol. The predicted molar refractivity (Wildman–Crippen MR) is 152 cm³/mol. The first-order valence-corrected chi connectivity index (χ1v) is 12.5. The molecule has 0 aliphatic carbocycles. The summed E-state index contributed by atoms with van der Waals surface area (Å²) < 4.78 is 59.0. The zero-order chi connectivity index (χ0) is 30.3. The number of hydrogen-bond donors (Lipinski definition) is 1. The third-order valence-electron chi connectivity index (χ3n) is 5.97. The summed E-state index contributed by atoms with van der Waals surface area (Å²) in [6.07, 6.45) is 2.60. The number of nitrogens with zero attached hydrogens (tertiary/aromatic N) is 2. The molecule has 1 aromatic heterocycles. The van der Waals surface area contributed by atoms with E-state index in [4.69, 9.17) is 14.2 Å². The Balaban J connectivity index is 1.66. The van der Waals surface area contributed by atoms with Crippen LogP contribution < -0.4 is 14.2 Å². The summed E-state index contributed by atoms with van der Waals surface area (Å²) in [4.78, 5) is 12.0. The first-order chi connectivity index (χ1) is 20.1. The standard InChI is InChI=1S/C31H27F3N2O6/c1-39-27-14-6-20(16-26(27)37)5-11-25-18-23(10-4-21-7-15-28(40-2)29(17-21)41-3)35-36(25)24-12-8-22(9-13-24)30(38)42-19-31(32,33)34/h4-18,37H,19H2,1-3H3/b10-4+,11-5+. The molecule has 0 unspecified atom stereocenters. The Morgan fingerprint density at radius 1 is 0.810 bits per heavy atom. The van der Waals surface area contributed by atoms with E-state index in [9.17, 15) is 23.1 Å². The summed E-state index contributed by atoms with van der Waals surface area (Å²) in [5.41, 5.74) is 3.29. The van der Waals surface area contributed by atoms with E-state index >= 15 is 0 Å². The van der Waals surface area contributed by atoms with Crippen LogP contribution >= 0.6 is 0 Å². The Kier molecular flexibility index (Phi) is 9.21. The van der Waals surface area contributed by atoms with Gasteiger partial charge in [-0.2, -0.15) is 18.3 Å². The van der Waals surface area contributed by atoms with E-state index in [1.54, 1.807) is 73.5 Å². The SMILES string of the molecule is COc1ccc(/C=C/c2cc(/C=C/c3ccc(OC)c(OC)c3)nn2-c2ccc(C(=O)OCC(F)(F)F)cc2)cc1O. The van der Waals surface area contributed by atoms with Gasteiger partial charge in [0.05, 0.1) is 44.0 Å². The van der Waals surface area contributed by atoms with Crippen LogP contribution in [0, 0.1) is 0 Å². The van der Waals surface area contributed by atoms with E-state index in [1.807, 2.05) is 24.3 Å². The van der Waals surface area contributed by atoms with Crippen LogP contribution in [-0.4, -0.2) is 55.0 Å². The lowest BCUT2D eigenvalue weighted by Gasteiger charge is -2.09. The summed E-state index contributed by atoms with van der Waals surface area (Å²) in [7, 11) is 4.57. The van der Waals surface area contributed by atoms with Crippen molar-refractivity contribution in [2.45, 2.75) is 6.18 Å². The van der Waals surface area contributed by atoms with Crippen LogP contribution in [0.15, 0.2) is 66.7 Å². The fraction of sp³-hybridized carbons (Fsp3) is 0.161. The number of phenols is 1. The van der Waals surface area contributed by atoms with Crippen molar-refractivity contribution >= 4 is 30.3 Å². The lowest BCUT2D eigenvalue weighted by atomic mass is 10.1. The van der Waals surface area contributed by atoms with Gasteiger partial charge in [-0.15, -0.1) is 0 Å². The Morgan fingerprint density at radius 3 is 2.05 bits per heavy atom. The van der Waals surface area contributed by atoms with Crippen LogP contribution in [0.3, 0.4) is 0 Å². The zero-order valence-corrected chi connectivity index (χ0v) is 22.9. The maximum atomic E-state index is 12.4. The summed E-state index contributed by atoms with van der Waals surface area (Å²) in [6.45, 7) is -1.67. The van der Waals surface area contributed by atoms with Gasteiger partial charge in [0.15, 0.2) is 29.6 Å². The first-order valence-electron chi connectivity index (χ1n) is 12.5. The molecule has 1 N–H and O–H groups in total. The number of hydrogen-bond acceptors (Lipinski definition) is 7. The molecule has 8 nitrogen and oxygen atoms in total. The Bertz CT molecular complexity index is 1610. The number of phenolic OH excluding ortho intramolecular Hbond substituents is 1. The number of halogens is 3. The average Bonchev–Trinajstić information content (AvgIpc) is 3.40. The highest BCUT2D eigenvalue weighted by Gasteiger charge is 2.29. The van der Waals surface area contributed by atoms with Crippen molar-refractivity contribution in [1.82, 2.24) is 9.78 Å². The maximum absolute atomic E-state index is 12.4. The minimum absolute atomic E-state index is 0.0142. The number of alkyl halides is 3. The van der Waals surface area contributed by atoms with Crippen molar-refractivity contribution in [1.29, 1.82) is 0 Å². The molecule has 1 heterocycles. The summed E-state index contributed by atoms with van der Waals surface area (Å²) >= 11 is 0. The van der Waals surface area contributed by atoms with Crippen molar-refractivity contribution in [2.24, 2.45) is 0 Å². The Hall–Kier alpha value is -5.19. The van der Waals surface area contributed by atoms with Gasteiger partial charge in [0.1, 0.15) is 0 Å². The highest BCUT2D eigenvalue weighted by atomic mass is 19.4. The van der Waals surface area contributed by atoms with Crippen molar-refractivity contribution in [3.63, 3.8) is 0 Å². The van der Waals surface area contributed by atoms with Crippen molar-refractivity contribution in [2.75, 3.05) is 27.9 Å². The molecule has 0 saturated carbocycles. The number of ether oxygens (including phenoxy) is 4. The lowest BCUT2D eigenvalue weighted by molar-refractivity contribution is -0.161. The number of methoxy groups -OCH3 is 3. The van der Waals surface area contributed by atoms with Crippen LogP contribution in [0.5, 0.6) is 23.0 Å². The third kappa shape index (κ3) is 7.51. The van der Waals surface area contributed by atoms with Crippen LogP contribution in [-0.2, 0) is 4.74 Å². The van der Waals surface area contributed by atoms with Crippen LogP contribution in [0.25, 0.3) is 30.0 Å². The molecule has 0 aliphatic heterocycles. The van der Waals surface area contributed by atoms with Gasteiger partial charge in [0.2, 0.25) is 0 Å². The number of rotatable bonds is 10. The van der Waals surface area contributed by atoms with Gasteiger partial charge in [-0.3, -0.25) is 0 Å². The molecule has 42 heavy (non-hydrogen) atoms. The van der Waals surface area contributed by atoms with E-state index in [2.05, 4.69) is 9.84 Å². The quantitative estimate of drug-likeness (QED) is 0.210. The molecule has 0 fully saturated rings. The molecule has 0 aliphatic rings. The molecule has 218 valence electrons. The van der Waals surface area contributed by atoms with Gasteiger partial charge >= 0.3 is 12.1 Å². The second-order valence-corrected chi connectivity index (χ2v) is 8.86. The predicted octanol–water partition coefficient (Wildman–Crippen LogP) is 6.66. The molecule has 4 rings (SSSR count). The minimum atomic E-state index is -4.62. The zero-order valence-electron chi connectivity index (χ0n) is 22.9. The highest BCUT2D eigenvalue weighted by molar-refractivity contribution is 5.89. The molecule has 4 aromatic rings. The van der Waals surface area contributed by atoms with Crippen molar-refractivity contribution < 1.29 is 42.0 Å². The molecular formula is C31H27F3N2O6. The molecule has 0 atom stereocenters. The Morgan fingerprint density at radius 2 is 1.43 bits per heavy atom. The average molecular weight is 581 g/mol. The van der Waals surface area contributed by atoms with Gasteiger partial charge in [0.25, 0.3) is 0 Å². The van der Waals surface area contributed by atoms with Gasteiger partial charge < -0.3 is 24.1 Å². The highest BCUT2D eigenvalue weighted by Crippen LogP contribution is 2.29. The number of esters is 1. The second-order valence-electron chi connectivity index (χ2n) is 8.86.